The van der Waals surface area contributed by atoms with Crippen molar-refractivity contribution in [1.29, 1.82) is 0 Å². The van der Waals surface area contributed by atoms with Crippen LogP contribution in [0.1, 0.15) is 12.6 Å². The minimum atomic E-state index is -1.41. The van der Waals surface area contributed by atoms with Gasteiger partial charge in [0.2, 0.25) is 0 Å². The maximum Gasteiger partial charge on any atom is 0.355 e. The van der Waals surface area contributed by atoms with Gasteiger partial charge >= 0.3 is 11.9 Å². The zero-order chi connectivity index (χ0) is 19.7. The Balaban J connectivity index is 1.77. The summed E-state index contributed by atoms with van der Waals surface area (Å²) >= 11 is 2.24. The van der Waals surface area contributed by atoms with Gasteiger partial charge in [-0.25, -0.2) is 14.6 Å². The van der Waals surface area contributed by atoms with Crippen LogP contribution >= 0.6 is 23.1 Å². The van der Waals surface area contributed by atoms with Crippen molar-refractivity contribution < 1.29 is 29.4 Å². The number of carboxylic acids is 1. The first-order valence-corrected chi connectivity index (χ1v) is 9.54. The zero-order valence-electron chi connectivity index (χ0n) is 13.8. The first-order chi connectivity index (χ1) is 12.8. The monoisotopic (exact) mass is 413 g/mol. The molecule has 144 valence electrons. The molecular weight excluding hydrogens is 398 g/mol. The molecule has 3 atom stereocenters. The van der Waals surface area contributed by atoms with E-state index in [0.717, 1.165) is 16.9 Å². The third-order valence-electron chi connectivity index (χ3n) is 3.94. The molecule has 0 fully saturated rings. The largest absolute Gasteiger partial charge is 0.480 e. The number of carbonyl (C=O) groups excluding carboxylic acids is 2. The number of nitrogens with two attached hydrogens (primary N) is 1. The number of ether oxygens (including phenoxy) is 1. The van der Waals surface area contributed by atoms with Gasteiger partial charge in [0.05, 0.1) is 0 Å². The van der Waals surface area contributed by atoms with E-state index < -0.39 is 35.0 Å². The van der Waals surface area contributed by atoms with E-state index in [1.165, 1.54) is 17.1 Å². The van der Waals surface area contributed by atoms with Crippen LogP contribution in [0.3, 0.4) is 0 Å². The Bertz CT molecular complexity index is 866. The van der Waals surface area contributed by atoms with E-state index in [4.69, 9.17) is 15.7 Å². The molecule has 2 unspecified atom stereocenters. The van der Waals surface area contributed by atoms with Gasteiger partial charge in [-0.1, -0.05) is 5.16 Å². The Morgan fingerprint density at radius 1 is 1.56 bits per heavy atom. The van der Waals surface area contributed by atoms with Crippen molar-refractivity contribution in [3.05, 3.63) is 22.3 Å². The predicted molar refractivity (Wildman–Crippen MR) is 96.4 cm³/mol. The van der Waals surface area contributed by atoms with Crippen LogP contribution in [0.2, 0.25) is 0 Å². The third kappa shape index (κ3) is 3.68. The molecule has 11 nitrogen and oxygen atoms in total. The normalized spacial score (nSPS) is 23.3. The molecule has 3 heterocycles. The second-order valence-electron chi connectivity index (χ2n) is 5.63. The average Bonchev–Trinajstić information content (AvgIpc) is 3.16. The number of esters is 1. The second kappa shape index (κ2) is 7.44. The highest BCUT2D eigenvalue weighted by atomic mass is 32.2. The van der Waals surface area contributed by atoms with Crippen LogP contribution in [0.4, 0.5) is 5.13 Å². The summed E-state index contributed by atoms with van der Waals surface area (Å²) in [6.07, 6.45) is -0.380. The molecular formula is C14H15N5O6S2. The fourth-order valence-electron chi connectivity index (χ4n) is 2.60. The Morgan fingerprint density at radius 2 is 2.30 bits per heavy atom. The van der Waals surface area contributed by atoms with Crippen molar-refractivity contribution in [2.45, 2.75) is 24.4 Å². The van der Waals surface area contributed by atoms with Gasteiger partial charge in [-0.3, -0.25) is 4.79 Å². The number of thiazole rings is 1. The van der Waals surface area contributed by atoms with Crippen molar-refractivity contribution in [3.63, 3.8) is 0 Å². The topological polar surface area (TPSA) is 176 Å². The molecule has 0 radical (unpaired) electrons. The van der Waals surface area contributed by atoms with Gasteiger partial charge in [-0.15, -0.1) is 23.1 Å². The Kier molecular flexibility index (Phi) is 5.23. The number of carbonyl (C=O) groups is 3. The summed E-state index contributed by atoms with van der Waals surface area (Å²) in [7, 11) is 0. The Morgan fingerprint density at radius 3 is 2.89 bits per heavy atom. The van der Waals surface area contributed by atoms with Crippen molar-refractivity contribution >= 4 is 51.8 Å². The maximum atomic E-state index is 12.4. The fraction of sp³-hybridized carbons (Fsp3) is 0.357. The smallest absolute Gasteiger partial charge is 0.355 e. The highest BCUT2D eigenvalue weighted by Gasteiger charge is 2.41. The second-order valence-corrected chi connectivity index (χ2v) is 7.65. The number of nitrogens with zero attached hydrogens (tertiary/aromatic N) is 2. The lowest BCUT2D eigenvalue weighted by atomic mass is 10.1. The highest BCUT2D eigenvalue weighted by Crippen LogP contribution is 2.32. The maximum absolute atomic E-state index is 12.4. The number of amides is 1. The van der Waals surface area contributed by atoms with Gasteiger partial charge < -0.3 is 31.4 Å². The van der Waals surface area contributed by atoms with Gasteiger partial charge in [0.25, 0.3) is 5.91 Å². The van der Waals surface area contributed by atoms with Gasteiger partial charge in [0.1, 0.15) is 22.9 Å². The number of aliphatic carboxylic acids is 1. The Labute approximate surface area is 160 Å². The molecule has 0 aliphatic carbocycles. The molecule has 2 aliphatic heterocycles. The van der Waals surface area contributed by atoms with Gasteiger partial charge in [0.15, 0.2) is 16.9 Å². The molecule has 3 rings (SSSR count). The molecule has 6 N–H and O–H groups in total. The minimum Gasteiger partial charge on any atom is -0.480 e. The van der Waals surface area contributed by atoms with Crippen LogP contribution in [0.25, 0.3) is 0 Å². The van der Waals surface area contributed by atoms with E-state index in [-0.39, 0.29) is 22.6 Å². The van der Waals surface area contributed by atoms with Crippen LogP contribution < -0.4 is 16.4 Å². The molecule has 1 aromatic rings. The van der Waals surface area contributed by atoms with Crippen LogP contribution in [0.5, 0.6) is 0 Å². The van der Waals surface area contributed by atoms with Crippen LogP contribution in [0.15, 0.2) is 21.8 Å². The van der Waals surface area contributed by atoms with Gasteiger partial charge in [-0.2, -0.15) is 0 Å². The summed E-state index contributed by atoms with van der Waals surface area (Å²) < 4.78 is 5.10. The number of nitrogens with one attached hydrogen (secondary N) is 2. The highest BCUT2D eigenvalue weighted by molar-refractivity contribution is 8.00. The summed E-state index contributed by atoms with van der Waals surface area (Å²) in [4.78, 5) is 39.8. The quantitative estimate of drug-likeness (QED) is 0.180. The number of anilines is 1. The number of cyclic esters (lactones) is 1. The predicted octanol–water partition coefficient (Wildman–Crippen LogP) is -0.665. The first kappa shape index (κ1) is 19.0. The van der Waals surface area contributed by atoms with Crippen molar-refractivity contribution in [3.8, 4) is 0 Å². The molecule has 13 heteroatoms. The summed E-state index contributed by atoms with van der Waals surface area (Å²) in [5.74, 6) is -2.45. The van der Waals surface area contributed by atoms with E-state index in [1.807, 2.05) is 0 Å². The first-order valence-electron chi connectivity index (χ1n) is 7.61. The van der Waals surface area contributed by atoms with Crippen LogP contribution in [0, 0.1) is 0 Å². The van der Waals surface area contributed by atoms with E-state index in [2.05, 4.69) is 20.8 Å². The number of hydrogen-bond acceptors (Lipinski definition) is 11. The lowest BCUT2D eigenvalue weighted by Crippen LogP contribution is -2.55. The van der Waals surface area contributed by atoms with Crippen molar-refractivity contribution in [2.75, 3.05) is 11.5 Å². The summed E-state index contributed by atoms with van der Waals surface area (Å²) in [5.41, 5.74) is 6.00. The lowest BCUT2D eigenvalue weighted by Gasteiger charge is -2.29. The Hall–Kier alpha value is -2.80. The summed E-state index contributed by atoms with van der Waals surface area (Å²) in [5, 5.41) is 27.4. The molecule has 0 spiro atoms. The van der Waals surface area contributed by atoms with Gasteiger partial charge in [-0.05, 0) is 6.92 Å². The van der Waals surface area contributed by atoms with E-state index >= 15 is 0 Å². The number of carboxylic acid groups (broad SMARTS) is 1. The van der Waals surface area contributed by atoms with E-state index in [9.17, 15) is 19.5 Å². The number of thioether (sulfide) groups is 1. The van der Waals surface area contributed by atoms with Crippen molar-refractivity contribution in [1.82, 2.24) is 15.6 Å². The van der Waals surface area contributed by atoms with Crippen molar-refractivity contribution in [2.24, 2.45) is 5.16 Å². The van der Waals surface area contributed by atoms with Crippen LogP contribution in [-0.2, 0) is 19.1 Å². The molecule has 0 saturated heterocycles. The minimum absolute atomic E-state index is 0.0177. The molecule has 0 bridgehead atoms. The number of nitrogen functional groups attached to an aromatic ring is 1. The average molecular weight is 413 g/mol. The number of aromatic nitrogens is 1. The number of rotatable bonds is 5. The molecule has 0 saturated carbocycles. The summed E-state index contributed by atoms with van der Waals surface area (Å²) in [6, 6.07) is -1.41. The lowest BCUT2D eigenvalue weighted by molar-refractivity contribution is -0.142. The SMILES string of the molecule is CC1OC(=O)C2=C1CS[C@H](C(NC(=O)/C(=N\O)c1csc(N)n1)C(=O)O)N2. The number of oxime groups is 1. The number of hydrogen-bond donors (Lipinski definition) is 5. The summed E-state index contributed by atoms with van der Waals surface area (Å²) in [6.45, 7) is 1.73. The third-order valence-corrected chi connectivity index (χ3v) is 5.84. The van der Waals surface area contributed by atoms with Gasteiger partial charge in [0, 0.05) is 16.7 Å². The molecule has 1 amide bonds. The van der Waals surface area contributed by atoms with E-state index in [0.29, 0.717) is 5.75 Å². The molecule has 0 aromatic carbocycles. The van der Waals surface area contributed by atoms with E-state index in [1.54, 1.807) is 6.92 Å². The molecule has 27 heavy (non-hydrogen) atoms. The standard InChI is InChI=1S/C14H15N5O6S2/c1-4-5-2-26-11(18-7(5)13(23)25-4)9(12(21)22)17-10(20)8(19-24)6-3-27-14(15)16-6/h3-4,9,11,18,24H,2H2,1H3,(H2,15,16)(H,17,20)(H,21,22)/b19-8-/t4?,9?,11-/m1/s1. The fourth-order valence-corrected chi connectivity index (χ4v) is 4.46. The zero-order valence-corrected chi connectivity index (χ0v) is 15.5. The molecule has 2 aliphatic rings. The van der Waals surface area contributed by atoms with Crippen LogP contribution in [-0.4, -0.2) is 62.1 Å². The molecule has 1 aromatic heterocycles.